The van der Waals surface area contributed by atoms with Gasteiger partial charge in [0.25, 0.3) is 0 Å². The van der Waals surface area contributed by atoms with E-state index in [0.717, 1.165) is 110 Å². The Morgan fingerprint density at radius 1 is 0.593 bits per heavy atom. The van der Waals surface area contributed by atoms with Gasteiger partial charge >= 0.3 is 0 Å². The van der Waals surface area contributed by atoms with Crippen molar-refractivity contribution in [2.45, 2.75) is 77.5 Å². The van der Waals surface area contributed by atoms with Crippen molar-refractivity contribution in [3.8, 4) is 22.6 Å². The monoisotopic (exact) mass is 728 g/mol. The molecule has 7 rings (SSSR count). The van der Waals surface area contributed by atoms with Crippen molar-refractivity contribution in [2.24, 2.45) is 9.98 Å². The van der Waals surface area contributed by atoms with Gasteiger partial charge in [-0.3, -0.25) is 19.8 Å². The highest BCUT2D eigenvalue weighted by atomic mass is 16.5. The number of hydrogen-bond acceptors (Lipinski definition) is 8. The fourth-order valence-corrected chi connectivity index (χ4v) is 7.98. The van der Waals surface area contributed by atoms with Crippen molar-refractivity contribution >= 4 is 12.4 Å². The van der Waals surface area contributed by atoms with Crippen LogP contribution in [-0.2, 0) is 33.4 Å². The molecular weight excluding hydrogens is 673 g/mol. The van der Waals surface area contributed by atoms with Crippen molar-refractivity contribution in [1.29, 1.82) is 0 Å². The van der Waals surface area contributed by atoms with Crippen LogP contribution in [0.2, 0.25) is 0 Å². The van der Waals surface area contributed by atoms with Crippen LogP contribution in [0.1, 0.15) is 98.1 Å². The zero-order valence-corrected chi connectivity index (χ0v) is 32.8. The van der Waals surface area contributed by atoms with Gasteiger partial charge in [-0.25, -0.2) is 0 Å². The van der Waals surface area contributed by atoms with Crippen molar-refractivity contribution < 1.29 is 19.7 Å². The van der Waals surface area contributed by atoms with Gasteiger partial charge in [0.1, 0.15) is 23.6 Å². The maximum atomic E-state index is 11.7. The molecule has 2 heterocycles. The molecule has 2 saturated heterocycles. The van der Waals surface area contributed by atoms with E-state index >= 15 is 0 Å². The van der Waals surface area contributed by atoms with Crippen LogP contribution in [0.3, 0.4) is 0 Å². The first-order chi connectivity index (χ1) is 25.9. The zero-order valence-electron chi connectivity index (χ0n) is 32.8. The highest BCUT2D eigenvalue weighted by Gasteiger charge is 2.33. The molecule has 0 spiro atoms. The maximum absolute atomic E-state index is 11.7. The summed E-state index contributed by atoms with van der Waals surface area (Å²) in [5, 5.41) is 23.5. The number of rotatable bonds is 8. The molecule has 284 valence electrons. The second-order valence-corrected chi connectivity index (χ2v) is 17.1. The summed E-state index contributed by atoms with van der Waals surface area (Å²) in [5.74, 6) is 0.525. The maximum Gasteiger partial charge on any atom is 0.128 e. The minimum Gasteiger partial charge on any atom is -0.507 e. The van der Waals surface area contributed by atoms with Crippen LogP contribution in [-0.4, -0.2) is 85.0 Å². The number of hydrogen-bond donors (Lipinski definition) is 2. The largest absolute Gasteiger partial charge is 0.507 e. The predicted molar refractivity (Wildman–Crippen MR) is 218 cm³/mol. The summed E-state index contributed by atoms with van der Waals surface area (Å²) in [6, 6.07) is 24.6. The van der Waals surface area contributed by atoms with Crippen LogP contribution in [0, 0.1) is 0 Å². The standard InChI is InChI=1S/C46H56N4O4/c1-45(2,3)39-25-31(29-49-15-19-53-20-16-49)23-33(43(39)51)27-47-41-37-13-9-7-11-35(37)36-12-8-10-14-38(36)42(41)48-28-34-24-32(30-50-17-21-54-22-18-50)26-40(44(34)52)46(4,5)6/h7-14,23-28,41-42,51-52H,15-22,29-30H2,1-6H3/t41-,42-/m1/s1. The van der Waals surface area contributed by atoms with Crippen LogP contribution < -0.4 is 0 Å². The molecule has 0 unspecified atom stereocenters. The second kappa shape index (κ2) is 15.8. The molecular formula is C46H56N4O4. The SMILES string of the molecule is CC(C)(C)c1cc(CN2CCOCC2)cc(C=N[C@@H]2c3ccccc3-c3ccccc3[C@H]2N=Cc2cc(CN3CCOCC3)cc(C(C)(C)C)c2O)c1O. The first kappa shape index (κ1) is 38.0. The highest BCUT2D eigenvalue weighted by Crippen LogP contribution is 2.48. The first-order valence-electron chi connectivity index (χ1n) is 19.4. The summed E-state index contributed by atoms with van der Waals surface area (Å²) in [7, 11) is 0. The number of benzene rings is 4. The molecule has 4 aromatic rings. The average Bonchev–Trinajstić information content (AvgIpc) is 3.15. The van der Waals surface area contributed by atoms with Gasteiger partial charge in [0, 0.05) is 74.0 Å². The van der Waals surface area contributed by atoms with Gasteiger partial charge in [-0.05, 0) is 56.3 Å². The Labute approximate surface area is 321 Å². The van der Waals surface area contributed by atoms with Gasteiger partial charge in [0.15, 0.2) is 0 Å². The average molecular weight is 729 g/mol. The van der Waals surface area contributed by atoms with Crippen molar-refractivity contribution in [3.63, 3.8) is 0 Å². The van der Waals surface area contributed by atoms with E-state index in [4.69, 9.17) is 19.5 Å². The molecule has 2 fully saturated rings. The molecule has 2 N–H and O–H groups in total. The summed E-state index contributed by atoms with van der Waals surface area (Å²) < 4.78 is 11.2. The number of fused-ring (bicyclic) bond motifs is 3. The van der Waals surface area contributed by atoms with Gasteiger partial charge in [0.2, 0.25) is 0 Å². The minimum absolute atomic E-state index is 0.262. The van der Waals surface area contributed by atoms with E-state index in [0.29, 0.717) is 11.1 Å². The first-order valence-corrected chi connectivity index (χ1v) is 19.4. The molecule has 8 heteroatoms. The third-order valence-electron chi connectivity index (χ3n) is 10.9. The number of aliphatic imine (C=N–C) groups is 2. The summed E-state index contributed by atoms with van der Waals surface area (Å²) in [6.07, 6.45) is 3.70. The fraction of sp³-hybridized carbons (Fsp3) is 0.435. The van der Waals surface area contributed by atoms with Gasteiger partial charge in [0.05, 0.1) is 26.4 Å². The smallest absolute Gasteiger partial charge is 0.128 e. The summed E-state index contributed by atoms with van der Waals surface area (Å²) >= 11 is 0. The molecule has 1 aliphatic carbocycles. The Hall–Kier alpha value is -4.34. The quantitative estimate of drug-likeness (QED) is 0.177. The lowest BCUT2D eigenvalue weighted by Gasteiger charge is -2.31. The highest BCUT2D eigenvalue weighted by molar-refractivity contribution is 5.87. The van der Waals surface area contributed by atoms with E-state index in [9.17, 15) is 10.2 Å². The van der Waals surface area contributed by atoms with Gasteiger partial charge in [-0.2, -0.15) is 0 Å². The molecule has 0 bridgehead atoms. The Morgan fingerprint density at radius 2 is 0.963 bits per heavy atom. The van der Waals surface area contributed by atoms with E-state index in [2.05, 4.69) is 124 Å². The molecule has 0 radical (unpaired) electrons. The number of morpholine rings is 2. The number of ether oxygens (including phenoxy) is 2. The molecule has 8 nitrogen and oxygen atoms in total. The Kier molecular flexibility index (Phi) is 11.1. The number of nitrogens with zero attached hydrogens (tertiary/aromatic N) is 4. The third kappa shape index (κ3) is 8.32. The Morgan fingerprint density at radius 3 is 1.33 bits per heavy atom. The molecule has 3 aliphatic rings. The Bertz CT molecular complexity index is 1870. The lowest BCUT2D eigenvalue weighted by atomic mass is 9.79. The van der Waals surface area contributed by atoms with E-state index < -0.39 is 0 Å². The van der Waals surface area contributed by atoms with Crippen LogP contribution >= 0.6 is 0 Å². The van der Waals surface area contributed by atoms with Crippen LogP contribution in [0.5, 0.6) is 11.5 Å². The Balaban J connectivity index is 1.31. The predicted octanol–water partition coefficient (Wildman–Crippen LogP) is 8.36. The van der Waals surface area contributed by atoms with Crippen molar-refractivity contribution in [1.82, 2.24) is 9.80 Å². The minimum atomic E-state index is -0.367. The van der Waals surface area contributed by atoms with Gasteiger partial charge < -0.3 is 19.7 Å². The molecule has 4 aromatic carbocycles. The molecule has 0 amide bonds. The van der Waals surface area contributed by atoms with Gasteiger partial charge in [-0.1, -0.05) is 102 Å². The summed E-state index contributed by atoms with van der Waals surface area (Å²) in [5.41, 5.74) is 9.40. The normalized spacial score (nSPS) is 20.0. The molecule has 0 saturated carbocycles. The summed E-state index contributed by atoms with van der Waals surface area (Å²) in [6.45, 7) is 20.9. The van der Waals surface area contributed by atoms with E-state index in [1.165, 1.54) is 0 Å². The fourth-order valence-electron chi connectivity index (χ4n) is 7.98. The molecule has 54 heavy (non-hydrogen) atoms. The number of aromatic hydroxyl groups is 2. The number of phenols is 2. The molecule has 2 atom stereocenters. The molecule has 0 aromatic heterocycles. The number of phenolic OH excluding ortho intramolecular Hbond substituents is 2. The summed E-state index contributed by atoms with van der Waals surface area (Å²) in [4.78, 5) is 15.4. The van der Waals surface area contributed by atoms with Gasteiger partial charge in [-0.15, -0.1) is 0 Å². The van der Waals surface area contributed by atoms with Crippen LogP contribution in [0.25, 0.3) is 11.1 Å². The van der Waals surface area contributed by atoms with Crippen LogP contribution in [0.4, 0.5) is 0 Å². The topological polar surface area (TPSA) is 90.1 Å². The van der Waals surface area contributed by atoms with Crippen molar-refractivity contribution in [2.75, 3.05) is 52.6 Å². The van der Waals surface area contributed by atoms with Crippen LogP contribution in [0.15, 0.2) is 82.8 Å². The second-order valence-electron chi connectivity index (χ2n) is 17.1. The van der Waals surface area contributed by atoms with E-state index in [1.807, 2.05) is 12.4 Å². The molecule has 2 aliphatic heterocycles. The van der Waals surface area contributed by atoms with Crippen molar-refractivity contribution in [3.05, 3.63) is 117 Å². The lowest BCUT2D eigenvalue weighted by molar-refractivity contribution is 0.0341. The van der Waals surface area contributed by atoms with E-state index in [1.54, 1.807) is 0 Å². The lowest BCUT2D eigenvalue weighted by Crippen LogP contribution is -2.35. The zero-order chi connectivity index (χ0) is 38.0. The van der Waals surface area contributed by atoms with E-state index in [-0.39, 0.29) is 34.4 Å². The third-order valence-corrected chi connectivity index (χ3v) is 10.9.